The summed E-state index contributed by atoms with van der Waals surface area (Å²) in [4.78, 5) is 24.3. The fourth-order valence-corrected chi connectivity index (χ4v) is 3.00. The first-order valence-electron chi connectivity index (χ1n) is 6.67. The second-order valence-corrected chi connectivity index (χ2v) is 6.31. The third-order valence-corrected chi connectivity index (χ3v) is 4.13. The molecular weight excluding hydrogens is 292 g/mol. The molecule has 2 rings (SSSR count). The third-order valence-electron chi connectivity index (χ3n) is 3.00. The zero-order chi connectivity index (χ0) is 15.2. The molecular formula is C14H18N2O4S. The van der Waals surface area contributed by atoms with Crippen LogP contribution in [0, 0.1) is 0 Å². The molecule has 7 heteroatoms. The summed E-state index contributed by atoms with van der Waals surface area (Å²) >= 11 is 1.87. The van der Waals surface area contributed by atoms with E-state index in [9.17, 15) is 9.59 Å². The average molecular weight is 310 g/mol. The molecule has 0 bridgehead atoms. The van der Waals surface area contributed by atoms with Crippen LogP contribution < -0.4 is 10.1 Å². The predicted molar refractivity (Wildman–Crippen MR) is 82.1 cm³/mol. The van der Waals surface area contributed by atoms with Gasteiger partial charge in [0, 0.05) is 29.8 Å². The number of ether oxygens (including phenoxy) is 1. The number of urea groups is 1. The highest BCUT2D eigenvalue weighted by molar-refractivity contribution is 7.99. The van der Waals surface area contributed by atoms with E-state index in [0.717, 1.165) is 18.8 Å². The van der Waals surface area contributed by atoms with E-state index in [1.54, 1.807) is 29.2 Å². The summed E-state index contributed by atoms with van der Waals surface area (Å²) in [7, 11) is 0. The number of amides is 2. The molecule has 0 aliphatic carbocycles. The minimum Gasteiger partial charge on any atom is -0.482 e. The highest BCUT2D eigenvalue weighted by atomic mass is 32.2. The topological polar surface area (TPSA) is 78.9 Å². The van der Waals surface area contributed by atoms with Crippen molar-refractivity contribution in [2.45, 2.75) is 12.2 Å². The molecule has 1 atom stereocenters. The van der Waals surface area contributed by atoms with E-state index in [1.807, 2.05) is 11.8 Å². The van der Waals surface area contributed by atoms with Gasteiger partial charge in [-0.05, 0) is 24.3 Å². The number of anilines is 1. The predicted octanol–water partition coefficient (Wildman–Crippen LogP) is 2.12. The van der Waals surface area contributed by atoms with Crippen LogP contribution in [0.25, 0.3) is 0 Å². The number of nitrogens with zero attached hydrogens (tertiary/aromatic N) is 1. The molecule has 114 valence electrons. The fourth-order valence-electron chi connectivity index (χ4n) is 1.98. The van der Waals surface area contributed by atoms with Crippen LogP contribution in [0.15, 0.2) is 24.3 Å². The number of thioether (sulfide) groups is 1. The molecule has 0 saturated carbocycles. The number of hydrogen-bond donors (Lipinski definition) is 2. The van der Waals surface area contributed by atoms with Crippen molar-refractivity contribution in [3.05, 3.63) is 24.3 Å². The van der Waals surface area contributed by atoms with E-state index in [4.69, 9.17) is 9.84 Å². The van der Waals surface area contributed by atoms with Crippen molar-refractivity contribution in [1.82, 2.24) is 4.90 Å². The Labute approximate surface area is 127 Å². The first kappa shape index (κ1) is 15.5. The number of benzene rings is 1. The lowest BCUT2D eigenvalue weighted by Gasteiger charge is -2.30. The van der Waals surface area contributed by atoms with Gasteiger partial charge < -0.3 is 20.1 Å². The van der Waals surface area contributed by atoms with Gasteiger partial charge >= 0.3 is 12.0 Å². The first-order valence-corrected chi connectivity index (χ1v) is 7.71. The Balaban J connectivity index is 1.87. The molecule has 0 radical (unpaired) electrons. The highest BCUT2D eigenvalue weighted by Crippen LogP contribution is 2.20. The van der Waals surface area contributed by atoms with Crippen LogP contribution in [-0.4, -0.2) is 52.7 Å². The molecule has 1 aliphatic rings. The minimum atomic E-state index is -1.02. The van der Waals surface area contributed by atoms with Crippen LogP contribution in [0.2, 0.25) is 0 Å². The quantitative estimate of drug-likeness (QED) is 0.890. The molecule has 0 aromatic heterocycles. The fraction of sp³-hybridized carbons (Fsp3) is 0.429. The lowest BCUT2D eigenvalue weighted by molar-refractivity contribution is -0.139. The van der Waals surface area contributed by atoms with Gasteiger partial charge in [0.1, 0.15) is 5.75 Å². The van der Waals surface area contributed by atoms with Gasteiger partial charge in [0.05, 0.1) is 0 Å². The van der Waals surface area contributed by atoms with E-state index < -0.39 is 5.97 Å². The van der Waals surface area contributed by atoms with Crippen molar-refractivity contribution in [2.75, 3.05) is 30.8 Å². The van der Waals surface area contributed by atoms with E-state index in [0.29, 0.717) is 16.7 Å². The van der Waals surface area contributed by atoms with Gasteiger partial charge in [0.25, 0.3) is 0 Å². The Bertz CT molecular complexity index is 506. The summed E-state index contributed by atoms with van der Waals surface area (Å²) in [5, 5.41) is 11.8. The molecule has 1 saturated heterocycles. The van der Waals surface area contributed by atoms with Gasteiger partial charge in [0.2, 0.25) is 0 Å². The number of carboxylic acid groups (broad SMARTS) is 1. The van der Waals surface area contributed by atoms with Crippen molar-refractivity contribution in [3.63, 3.8) is 0 Å². The number of hydrogen-bond acceptors (Lipinski definition) is 4. The van der Waals surface area contributed by atoms with Crippen LogP contribution in [-0.2, 0) is 4.79 Å². The minimum absolute atomic E-state index is 0.110. The summed E-state index contributed by atoms with van der Waals surface area (Å²) in [6.07, 6.45) is 0. The lowest BCUT2D eigenvalue weighted by Crippen LogP contribution is -2.43. The number of carbonyl (C=O) groups excluding carboxylic acids is 1. The van der Waals surface area contributed by atoms with E-state index >= 15 is 0 Å². The maximum absolute atomic E-state index is 12.1. The Morgan fingerprint density at radius 1 is 1.43 bits per heavy atom. The SMILES string of the molecule is CC1CN(C(=O)Nc2ccc(OCC(=O)O)cc2)CCS1. The Morgan fingerprint density at radius 2 is 2.14 bits per heavy atom. The van der Waals surface area contributed by atoms with Crippen molar-refractivity contribution in [2.24, 2.45) is 0 Å². The molecule has 1 unspecified atom stereocenters. The molecule has 1 aromatic rings. The van der Waals surface area contributed by atoms with E-state index in [1.165, 1.54) is 0 Å². The Hall–Kier alpha value is -1.89. The first-order chi connectivity index (χ1) is 10.0. The average Bonchev–Trinajstić information content (AvgIpc) is 2.46. The molecule has 1 aliphatic heterocycles. The summed E-state index contributed by atoms with van der Waals surface area (Å²) in [5.41, 5.74) is 0.661. The molecule has 21 heavy (non-hydrogen) atoms. The summed E-state index contributed by atoms with van der Waals surface area (Å²) in [6, 6.07) is 6.54. The maximum atomic E-state index is 12.1. The molecule has 0 spiro atoms. The zero-order valence-electron chi connectivity index (χ0n) is 11.7. The third kappa shape index (κ3) is 4.86. The van der Waals surface area contributed by atoms with Gasteiger partial charge in [-0.15, -0.1) is 0 Å². The maximum Gasteiger partial charge on any atom is 0.341 e. The van der Waals surface area contributed by atoms with Gasteiger partial charge in [-0.25, -0.2) is 9.59 Å². The van der Waals surface area contributed by atoms with Gasteiger partial charge in [-0.1, -0.05) is 6.92 Å². The monoisotopic (exact) mass is 310 g/mol. The van der Waals surface area contributed by atoms with Crippen molar-refractivity contribution < 1.29 is 19.4 Å². The van der Waals surface area contributed by atoms with Gasteiger partial charge in [-0.2, -0.15) is 11.8 Å². The Kier molecular flexibility index (Phi) is 5.32. The molecule has 2 amide bonds. The van der Waals surface area contributed by atoms with Crippen molar-refractivity contribution in [3.8, 4) is 5.75 Å². The normalized spacial score (nSPS) is 18.1. The van der Waals surface area contributed by atoms with Crippen LogP contribution >= 0.6 is 11.8 Å². The van der Waals surface area contributed by atoms with E-state index in [2.05, 4.69) is 12.2 Å². The second-order valence-electron chi connectivity index (χ2n) is 4.76. The smallest absolute Gasteiger partial charge is 0.341 e. The molecule has 1 heterocycles. The number of aliphatic carboxylic acids is 1. The van der Waals surface area contributed by atoms with Crippen LogP contribution in [0.1, 0.15) is 6.92 Å². The number of rotatable bonds is 4. The zero-order valence-corrected chi connectivity index (χ0v) is 12.6. The summed E-state index contributed by atoms with van der Waals surface area (Å²) in [5.74, 6) is 0.388. The van der Waals surface area contributed by atoms with Crippen molar-refractivity contribution >= 4 is 29.4 Å². The largest absolute Gasteiger partial charge is 0.482 e. The highest BCUT2D eigenvalue weighted by Gasteiger charge is 2.21. The standard InChI is InChI=1S/C14H18N2O4S/c1-10-8-16(6-7-21-10)14(19)15-11-2-4-12(5-3-11)20-9-13(17)18/h2-5,10H,6-9H2,1H3,(H,15,19)(H,17,18). The molecule has 1 aromatic carbocycles. The van der Waals surface area contributed by atoms with Crippen LogP contribution in [0.4, 0.5) is 10.5 Å². The second kappa shape index (κ2) is 7.21. The summed E-state index contributed by atoms with van der Waals surface area (Å²) in [6.45, 7) is 3.23. The van der Waals surface area contributed by atoms with Crippen LogP contribution in [0.3, 0.4) is 0 Å². The molecule has 2 N–H and O–H groups in total. The van der Waals surface area contributed by atoms with Gasteiger partial charge in [-0.3, -0.25) is 0 Å². The molecule has 1 fully saturated rings. The molecule has 6 nitrogen and oxygen atoms in total. The van der Waals surface area contributed by atoms with Crippen molar-refractivity contribution in [1.29, 1.82) is 0 Å². The van der Waals surface area contributed by atoms with Crippen LogP contribution in [0.5, 0.6) is 5.75 Å². The number of carbonyl (C=O) groups is 2. The number of carboxylic acids is 1. The Morgan fingerprint density at radius 3 is 2.76 bits per heavy atom. The van der Waals surface area contributed by atoms with E-state index in [-0.39, 0.29) is 12.6 Å². The lowest BCUT2D eigenvalue weighted by atomic mass is 10.3. The van der Waals surface area contributed by atoms with Gasteiger partial charge in [0.15, 0.2) is 6.61 Å². The number of nitrogens with one attached hydrogen (secondary N) is 1. The summed E-state index contributed by atoms with van der Waals surface area (Å²) < 4.78 is 5.03.